The Hall–Kier alpha value is -1.13. The number of aryl methyl sites for hydroxylation is 1. The van der Waals surface area contributed by atoms with E-state index in [-0.39, 0.29) is 0 Å². The zero-order chi connectivity index (χ0) is 15.6. The van der Waals surface area contributed by atoms with Gasteiger partial charge in [0, 0.05) is 22.8 Å². The lowest BCUT2D eigenvalue weighted by Crippen LogP contribution is -2.23. The maximum absolute atomic E-state index is 4.75. The molecule has 1 aromatic carbocycles. The monoisotopic (exact) mass is 349 g/mol. The van der Waals surface area contributed by atoms with Gasteiger partial charge in [-0.2, -0.15) is 5.10 Å². The van der Waals surface area contributed by atoms with Gasteiger partial charge in [-0.3, -0.25) is 0 Å². The fraction of sp³-hybridized carbons (Fsp3) is 0.471. The van der Waals surface area contributed by atoms with Crippen molar-refractivity contribution < 1.29 is 0 Å². The van der Waals surface area contributed by atoms with E-state index in [9.17, 15) is 0 Å². The molecule has 0 aliphatic carbocycles. The summed E-state index contributed by atoms with van der Waals surface area (Å²) in [5, 5.41) is 8.24. The standard InChI is InChI=1S/C17H24BrN3/c1-6-16-12(4)20-21(13(16)5)17-9-15(18)8-7-14(17)10-19-11(2)3/h7-9,11,19H,6,10H2,1-5H3. The minimum atomic E-state index is 0.466. The normalized spacial score (nSPS) is 11.4. The smallest absolute Gasteiger partial charge is 0.0705 e. The molecule has 4 heteroatoms. The number of halogens is 1. The molecule has 2 aromatic rings. The van der Waals surface area contributed by atoms with Gasteiger partial charge in [0.15, 0.2) is 0 Å². The summed E-state index contributed by atoms with van der Waals surface area (Å²) in [6.07, 6.45) is 1.02. The Morgan fingerprint density at radius 3 is 2.57 bits per heavy atom. The number of nitrogens with one attached hydrogen (secondary N) is 1. The lowest BCUT2D eigenvalue weighted by Gasteiger charge is -2.14. The van der Waals surface area contributed by atoms with E-state index in [0.717, 1.165) is 28.8 Å². The van der Waals surface area contributed by atoms with E-state index in [1.807, 2.05) is 0 Å². The van der Waals surface area contributed by atoms with Gasteiger partial charge < -0.3 is 5.32 Å². The summed E-state index contributed by atoms with van der Waals surface area (Å²) >= 11 is 3.58. The highest BCUT2D eigenvalue weighted by Crippen LogP contribution is 2.24. The maximum Gasteiger partial charge on any atom is 0.0705 e. The summed E-state index contributed by atoms with van der Waals surface area (Å²) in [5.41, 5.74) is 6.12. The first-order valence-electron chi connectivity index (χ1n) is 7.51. The van der Waals surface area contributed by atoms with Crippen LogP contribution >= 0.6 is 15.9 Å². The minimum absolute atomic E-state index is 0.466. The van der Waals surface area contributed by atoms with Gasteiger partial charge in [-0.1, -0.05) is 42.8 Å². The second kappa shape index (κ2) is 6.75. The molecule has 0 aliphatic rings. The van der Waals surface area contributed by atoms with Crippen molar-refractivity contribution in [2.24, 2.45) is 0 Å². The molecule has 0 bridgehead atoms. The Balaban J connectivity index is 2.49. The first-order chi connectivity index (χ1) is 9.93. The van der Waals surface area contributed by atoms with Crippen molar-refractivity contribution in [1.82, 2.24) is 15.1 Å². The Labute approximate surface area is 135 Å². The van der Waals surface area contributed by atoms with Crippen LogP contribution in [0.1, 0.15) is 43.3 Å². The predicted molar refractivity (Wildman–Crippen MR) is 92.1 cm³/mol. The molecule has 0 fully saturated rings. The van der Waals surface area contributed by atoms with E-state index in [1.165, 1.54) is 16.8 Å². The number of benzene rings is 1. The fourth-order valence-corrected chi connectivity index (χ4v) is 2.97. The van der Waals surface area contributed by atoms with Crippen molar-refractivity contribution in [3.8, 4) is 5.69 Å². The van der Waals surface area contributed by atoms with Crippen LogP contribution in [0.15, 0.2) is 22.7 Å². The van der Waals surface area contributed by atoms with E-state index >= 15 is 0 Å². The van der Waals surface area contributed by atoms with Crippen LogP contribution in [-0.2, 0) is 13.0 Å². The third-order valence-electron chi connectivity index (χ3n) is 3.77. The molecule has 2 rings (SSSR count). The third-order valence-corrected chi connectivity index (χ3v) is 4.26. The van der Waals surface area contributed by atoms with Gasteiger partial charge in [0.2, 0.25) is 0 Å². The van der Waals surface area contributed by atoms with Gasteiger partial charge in [0.05, 0.1) is 11.4 Å². The van der Waals surface area contributed by atoms with Gasteiger partial charge in [-0.15, -0.1) is 0 Å². The average Bonchev–Trinajstić information content (AvgIpc) is 2.71. The predicted octanol–water partition coefficient (Wildman–Crippen LogP) is 4.31. The highest BCUT2D eigenvalue weighted by atomic mass is 79.9. The molecule has 3 nitrogen and oxygen atoms in total. The molecular formula is C17H24BrN3. The van der Waals surface area contributed by atoms with Crippen LogP contribution in [0, 0.1) is 13.8 Å². The molecule has 1 N–H and O–H groups in total. The fourth-order valence-electron chi connectivity index (χ4n) is 2.62. The van der Waals surface area contributed by atoms with Crippen LogP contribution in [0.2, 0.25) is 0 Å². The zero-order valence-electron chi connectivity index (χ0n) is 13.5. The van der Waals surface area contributed by atoms with Gasteiger partial charge in [-0.25, -0.2) is 4.68 Å². The lowest BCUT2D eigenvalue weighted by atomic mass is 10.1. The van der Waals surface area contributed by atoms with E-state index in [1.54, 1.807) is 0 Å². The number of rotatable bonds is 5. The summed E-state index contributed by atoms with van der Waals surface area (Å²) in [5.74, 6) is 0. The first-order valence-corrected chi connectivity index (χ1v) is 8.30. The van der Waals surface area contributed by atoms with Crippen LogP contribution in [0.25, 0.3) is 5.69 Å². The van der Waals surface area contributed by atoms with E-state index in [2.05, 4.69) is 78.7 Å². The van der Waals surface area contributed by atoms with E-state index in [0.29, 0.717) is 6.04 Å². The molecule has 0 spiro atoms. The lowest BCUT2D eigenvalue weighted by molar-refractivity contribution is 0.586. The molecule has 1 aromatic heterocycles. The van der Waals surface area contributed by atoms with Crippen molar-refractivity contribution in [2.45, 2.75) is 53.6 Å². The van der Waals surface area contributed by atoms with E-state index in [4.69, 9.17) is 5.10 Å². The minimum Gasteiger partial charge on any atom is -0.310 e. The van der Waals surface area contributed by atoms with Crippen molar-refractivity contribution in [2.75, 3.05) is 0 Å². The molecule has 114 valence electrons. The van der Waals surface area contributed by atoms with Crippen molar-refractivity contribution in [3.63, 3.8) is 0 Å². The molecule has 0 atom stereocenters. The Morgan fingerprint density at radius 2 is 2.00 bits per heavy atom. The number of hydrogen-bond acceptors (Lipinski definition) is 2. The largest absolute Gasteiger partial charge is 0.310 e. The maximum atomic E-state index is 4.75. The number of nitrogens with zero attached hydrogens (tertiary/aromatic N) is 2. The van der Waals surface area contributed by atoms with Crippen LogP contribution in [0.5, 0.6) is 0 Å². The zero-order valence-corrected chi connectivity index (χ0v) is 15.1. The topological polar surface area (TPSA) is 29.9 Å². The number of aromatic nitrogens is 2. The molecule has 1 heterocycles. The molecule has 21 heavy (non-hydrogen) atoms. The Kier molecular flexibility index (Phi) is 5.22. The second-order valence-electron chi connectivity index (χ2n) is 5.72. The second-order valence-corrected chi connectivity index (χ2v) is 6.64. The molecular weight excluding hydrogens is 326 g/mol. The number of hydrogen-bond donors (Lipinski definition) is 1. The summed E-state index contributed by atoms with van der Waals surface area (Å²) in [6, 6.07) is 6.87. The highest BCUT2D eigenvalue weighted by molar-refractivity contribution is 9.10. The molecule has 0 amide bonds. The van der Waals surface area contributed by atoms with Crippen molar-refractivity contribution >= 4 is 15.9 Å². The SMILES string of the molecule is CCc1c(C)nn(-c2cc(Br)ccc2CNC(C)C)c1C. The first kappa shape index (κ1) is 16.2. The molecule has 0 saturated carbocycles. The van der Waals surface area contributed by atoms with Crippen LogP contribution in [0.3, 0.4) is 0 Å². The van der Waals surface area contributed by atoms with Crippen LogP contribution in [0.4, 0.5) is 0 Å². The quantitative estimate of drug-likeness (QED) is 0.871. The molecule has 0 unspecified atom stereocenters. The summed E-state index contributed by atoms with van der Waals surface area (Å²) in [6.45, 7) is 11.6. The van der Waals surface area contributed by atoms with Gasteiger partial charge >= 0.3 is 0 Å². The van der Waals surface area contributed by atoms with Gasteiger partial charge in [-0.05, 0) is 43.5 Å². The highest BCUT2D eigenvalue weighted by Gasteiger charge is 2.14. The van der Waals surface area contributed by atoms with Crippen LogP contribution in [-0.4, -0.2) is 15.8 Å². The van der Waals surface area contributed by atoms with Crippen molar-refractivity contribution in [1.29, 1.82) is 0 Å². The average molecular weight is 350 g/mol. The van der Waals surface area contributed by atoms with E-state index < -0.39 is 0 Å². The summed E-state index contributed by atoms with van der Waals surface area (Å²) in [7, 11) is 0. The van der Waals surface area contributed by atoms with Gasteiger partial charge in [0.25, 0.3) is 0 Å². The Bertz CT molecular complexity index is 629. The van der Waals surface area contributed by atoms with Crippen LogP contribution < -0.4 is 5.32 Å². The molecule has 0 aliphatic heterocycles. The Morgan fingerprint density at radius 1 is 1.29 bits per heavy atom. The summed E-state index contributed by atoms with van der Waals surface area (Å²) in [4.78, 5) is 0. The summed E-state index contributed by atoms with van der Waals surface area (Å²) < 4.78 is 3.16. The molecule has 0 radical (unpaired) electrons. The van der Waals surface area contributed by atoms with Crippen molar-refractivity contribution in [3.05, 3.63) is 45.2 Å². The van der Waals surface area contributed by atoms with Gasteiger partial charge in [0.1, 0.15) is 0 Å². The molecule has 0 saturated heterocycles. The third kappa shape index (κ3) is 3.55.